The van der Waals surface area contributed by atoms with E-state index in [0.717, 1.165) is 6.54 Å². The van der Waals surface area contributed by atoms with Crippen LogP contribution in [-0.2, 0) is 4.74 Å². The number of hydrogen-bond donors (Lipinski definition) is 3. The molecule has 4 N–H and O–H groups in total. The van der Waals surface area contributed by atoms with Crippen molar-refractivity contribution in [2.75, 3.05) is 26.4 Å². The van der Waals surface area contributed by atoms with Crippen molar-refractivity contribution in [3.63, 3.8) is 0 Å². The Morgan fingerprint density at radius 2 is 2.30 bits per heavy atom. The van der Waals surface area contributed by atoms with E-state index >= 15 is 0 Å². The van der Waals surface area contributed by atoms with Crippen molar-refractivity contribution in [2.24, 2.45) is 5.73 Å². The molecule has 0 aliphatic heterocycles. The Kier molecular flexibility index (Phi) is 6.84. The minimum absolute atomic E-state index is 0.0118. The largest absolute Gasteiger partial charge is 0.394 e. The lowest BCUT2D eigenvalue weighted by Gasteiger charge is -2.07. The fraction of sp³-hybridized carbons (Fsp3) is 1.00. The molecule has 0 saturated heterocycles. The third-order valence-corrected chi connectivity index (χ3v) is 0.948. The van der Waals surface area contributed by atoms with E-state index in [0.29, 0.717) is 13.2 Å². The van der Waals surface area contributed by atoms with Crippen LogP contribution in [0.4, 0.5) is 0 Å². The highest BCUT2D eigenvalue weighted by Gasteiger charge is 1.90. The molecule has 0 aliphatic rings. The third-order valence-electron chi connectivity index (χ3n) is 0.948. The minimum atomic E-state index is 0.0118. The molecule has 0 radical (unpaired) electrons. The summed E-state index contributed by atoms with van der Waals surface area (Å²) in [6.45, 7) is 3.69. The molecule has 0 aromatic heterocycles. The Balaban J connectivity index is 2.77. The highest BCUT2D eigenvalue weighted by atomic mass is 16.5. The molecular weight excluding hydrogens is 132 g/mol. The van der Waals surface area contributed by atoms with Crippen LogP contribution in [0.5, 0.6) is 0 Å². The van der Waals surface area contributed by atoms with Crippen molar-refractivity contribution < 1.29 is 9.84 Å². The molecular formula is C6H16N2O2. The zero-order valence-electron chi connectivity index (χ0n) is 6.34. The first-order chi connectivity index (χ1) is 4.77. The Morgan fingerprint density at radius 1 is 1.60 bits per heavy atom. The average Bonchev–Trinajstić information content (AvgIpc) is 1.87. The van der Waals surface area contributed by atoms with Crippen molar-refractivity contribution in [3.05, 3.63) is 0 Å². The van der Waals surface area contributed by atoms with E-state index in [1.54, 1.807) is 0 Å². The molecule has 1 atom stereocenters. The molecule has 0 saturated carbocycles. The molecule has 4 nitrogen and oxygen atoms in total. The zero-order chi connectivity index (χ0) is 7.82. The second-order valence-electron chi connectivity index (χ2n) is 2.08. The molecule has 1 unspecified atom stereocenters. The second-order valence-corrected chi connectivity index (χ2v) is 2.08. The molecule has 0 aromatic rings. The number of nitrogens with two attached hydrogens (primary N) is 1. The van der Waals surface area contributed by atoms with E-state index < -0.39 is 0 Å². The van der Waals surface area contributed by atoms with Gasteiger partial charge in [0.05, 0.1) is 26.0 Å². The van der Waals surface area contributed by atoms with Gasteiger partial charge in [0.2, 0.25) is 0 Å². The van der Waals surface area contributed by atoms with E-state index in [1.807, 2.05) is 6.92 Å². The molecule has 0 heterocycles. The summed E-state index contributed by atoms with van der Waals surface area (Å²) in [6, 6.07) is 0. The third kappa shape index (κ3) is 7.84. The molecule has 0 aliphatic carbocycles. The summed E-state index contributed by atoms with van der Waals surface area (Å²) >= 11 is 0. The van der Waals surface area contributed by atoms with Gasteiger partial charge in [0.25, 0.3) is 0 Å². The van der Waals surface area contributed by atoms with Crippen molar-refractivity contribution in [2.45, 2.75) is 13.1 Å². The van der Waals surface area contributed by atoms with Gasteiger partial charge >= 0.3 is 0 Å². The van der Waals surface area contributed by atoms with Gasteiger partial charge in [0.15, 0.2) is 0 Å². The summed E-state index contributed by atoms with van der Waals surface area (Å²) in [4.78, 5) is 0. The van der Waals surface area contributed by atoms with E-state index in [9.17, 15) is 0 Å². The van der Waals surface area contributed by atoms with Crippen LogP contribution >= 0.6 is 0 Å². The maximum Gasteiger partial charge on any atom is 0.0698 e. The first-order valence-electron chi connectivity index (χ1n) is 3.45. The molecule has 0 amide bonds. The summed E-state index contributed by atoms with van der Waals surface area (Å²) in [7, 11) is 0. The Bertz CT molecular complexity index is 68.8. The topological polar surface area (TPSA) is 67.5 Å². The van der Waals surface area contributed by atoms with Gasteiger partial charge in [-0.2, -0.15) is 0 Å². The minimum Gasteiger partial charge on any atom is -0.394 e. The SMILES string of the molecule is CC(N)NCCOCCO. The molecule has 10 heavy (non-hydrogen) atoms. The molecule has 0 rings (SSSR count). The van der Waals surface area contributed by atoms with Crippen molar-refractivity contribution in [1.29, 1.82) is 0 Å². The highest BCUT2D eigenvalue weighted by Crippen LogP contribution is 1.72. The highest BCUT2D eigenvalue weighted by molar-refractivity contribution is 4.48. The lowest BCUT2D eigenvalue weighted by molar-refractivity contribution is 0.0929. The van der Waals surface area contributed by atoms with Gasteiger partial charge in [-0.05, 0) is 6.92 Å². The quantitative estimate of drug-likeness (QED) is 0.330. The maximum atomic E-state index is 8.30. The Labute approximate surface area is 61.4 Å². The maximum absolute atomic E-state index is 8.30. The van der Waals surface area contributed by atoms with Crippen LogP contribution < -0.4 is 11.1 Å². The van der Waals surface area contributed by atoms with E-state index in [2.05, 4.69) is 5.32 Å². The van der Waals surface area contributed by atoms with Crippen molar-refractivity contribution in [1.82, 2.24) is 5.32 Å². The van der Waals surface area contributed by atoms with Crippen LogP contribution in [0.15, 0.2) is 0 Å². The van der Waals surface area contributed by atoms with Crippen LogP contribution in [0, 0.1) is 0 Å². The van der Waals surface area contributed by atoms with Gasteiger partial charge in [-0.3, -0.25) is 0 Å². The van der Waals surface area contributed by atoms with Crippen LogP contribution in [-0.4, -0.2) is 37.6 Å². The Hall–Kier alpha value is -0.160. The number of ether oxygens (including phenoxy) is 1. The van der Waals surface area contributed by atoms with Gasteiger partial charge in [0.1, 0.15) is 0 Å². The van der Waals surface area contributed by atoms with Crippen LogP contribution in [0.2, 0.25) is 0 Å². The molecule has 0 fully saturated rings. The van der Waals surface area contributed by atoms with Crippen molar-refractivity contribution >= 4 is 0 Å². The summed E-state index contributed by atoms with van der Waals surface area (Å²) in [5.74, 6) is 0. The lowest BCUT2D eigenvalue weighted by Crippen LogP contribution is -2.36. The number of nitrogens with one attached hydrogen (secondary N) is 1. The summed E-state index contributed by atoms with van der Waals surface area (Å²) in [5, 5.41) is 11.3. The first-order valence-corrected chi connectivity index (χ1v) is 3.45. The Morgan fingerprint density at radius 3 is 2.80 bits per heavy atom. The summed E-state index contributed by atoms with van der Waals surface area (Å²) < 4.78 is 4.97. The van der Waals surface area contributed by atoms with Gasteiger partial charge in [-0.25, -0.2) is 0 Å². The molecule has 4 heteroatoms. The number of aliphatic hydroxyl groups is 1. The van der Waals surface area contributed by atoms with Gasteiger partial charge < -0.3 is 20.9 Å². The lowest BCUT2D eigenvalue weighted by atomic mass is 10.5. The first kappa shape index (κ1) is 9.84. The van der Waals surface area contributed by atoms with Crippen LogP contribution in [0.1, 0.15) is 6.92 Å². The van der Waals surface area contributed by atoms with E-state index in [-0.39, 0.29) is 12.8 Å². The standard InChI is InChI=1S/C6H16N2O2/c1-6(7)8-2-4-10-5-3-9/h6,8-9H,2-5,7H2,1H3. The second kappa shape index (κ2) is 6.95. The smallest absolute Gasteiger partial charge is 0.0698 e. The number of hydrogen-bond acceptors (Lipinski definition) is 4. The van der Waals surface area contributed by atoms with Crippen molar-refractivity contribution in [3.8, 4) is 0 Å². The van der Waals surface area contributed by atoms with Gasteiger partial charge in [-0.1, -0.05) is 0 Å². The molecule has 62 valence electrons. The average molecular weight is 148 g/mol. The molecule has 0 aromatic carbocycles. The monoisotopic (exact) mass is 148 g/mol. The zero-order valence-corrected chi connectivity index (χ0v) is 6.34. The van der Waals surface area contributed by atoms with E-state index in [1.165, 1.54) is 0 Å². The van der Waals surface area contributed by atoms with Crippen LogP contribution in [0.25, 0.3) is 0 Å². The predicted octanol–water partition coefficient (Wildman–Crippen LogP) is -1.11. The van der Waals surface area contributed by atoms with E-state index in [4.69, 9.17) is 15.6 Å². The predicted molar refractivity (Wildman–Crippen MR) is 39.6 cm³/mol. The van der Waals surface area contributed by atoms with Gasteiger partial charge in [0, 0.05) is 6.54 Å². The van der Waals surface area contributed by atoms with Gasteiger partial charge in [-0.15, -0.1) is 0 Å². The normalized spacial score (nSPS) is 13.5. The number of rotatable bonds is 6. The summed E-state index contributed by atoms with van der Waals surface area (Å²) in [6.07, 6.45) is 0.0118. The fourth-order valence-corrected chi connectivity index (χ4v) is 0.525. The molecule has 0 bridgehead atoms. The summed E-state index contributed by atoms with van der Waals surface area (Å²) in [5.41, 5.74) is 5.39. The van der Waals surface area contributed by atoms with Crippen LogP contribution in [0.3, 0.4) is 0 Å². The number of aliphatic hydroxyl groups excluding tert-OH is 1. The molecule has 0 spiro atoms. The fourth-order valence-electron chi connectivity index (χ4n) is 0.525.